The molecule has 0 bridgehead atoms. The van der Waals surface area contributed by atoms with E-state index in [9.17, 15) is 14.7 Å². The van der Waals surface area contributed by atoms with E-state index in [0.29, 0.717) is 34.5 Å². The van der Waals surface area contributed by atoms with Crippen LogP contribution in [0.1, 0.15) is 55.7 Å². The van der Waals surface area contributed by atoms with Crippen LogP contribution in [-0.4, -0.2) is 47.3 Å². The maximum Gasteiger partial charge on any atom is 0.274 e. The second-order valence-electron chi connectivity index (χ2n) is 9.10. The molecule has 1 amide bonds. The molecule has 3 aromatic rings. The van der Waals surface area contributed by atoms with Crippen molar-refractivity contribution in [2.45, 2.75) is 46.1 Å². The zero-order valence-corrected chi connectivity index (χ0v) is 21.0. The molecule has 0 spiro atoms. The molecule has 186 valence electrons. The third-order valence-electron chi connectivity index (χ3n) is 5.67. The predicted octanol–water partition coefficient (Wildman–Crippen LogP) is 5.31. The van der Waals surface area contributed by atoms with E-state index >= 15 is 0 Å². The summed E-state index contributed by atoms with van der Waals surface area (Å²) in [6.07, 6.45) is 4.07. The standard InChI is InChI=1S/C25H27N3O4.C3H8/c1-28(2)15-21-20-13-18(32-17-9-4-3-5-10-17)11-12-19(20)24(30)23(27-21)25(31)26-14-22(29)16-7-6-8-16;1-3-2/h3-5,9-13,16,30H,6-8,14-15H2,1-2H3,(H,26,31);3H2,1-2H3. The number of hydrogen-bond donors (Lipinski definition) is 2. The number of Topliss-reactive ketones (excluding diaryl/α,β-unsaturated/α-hetero) is 1. The number of fused-ring (bicyclic) bond motifs is 1. The lowest BCUT2D eigenvalue weighted by Gasteiger charge is -2.23. The molecule has 1 aliphatic carbocycles. The zero-order chi connectivity index (χ0) is 25.4. The van der Waals surface area contributed by atoms with E-state index in [4.69, 9.17) is 4.74 Å². The van der Waals surface area contributed by atoms with Gasteiger partial charge in [0.2, 0.25) is 0 Å². The van der Waals surface area contributed by atoms with Gasteiger partial charge in [-0.25, -0.2) is 4.98 Å². The minimum absolute atomic E-state index is 0.0288. The average Bonchev–Trinajstić information content (AvgIpc) is 2.79. The summed E-state index contributed by atoms with van der Waals surface area (Å²) < 4.78 is 5.93. The highest BCUT2D eigenvalue weighted by Gasteiger charge is 2.26. The number of amides is 1. The number of ether oxygens (including phenoxy) is 1. The van der Waals surface area contributed by atoms with E-state index in [2.05, 4.69) is 24.1 Å². The van der Waals surface area contributed by atoms with Crippen LogP contribution in [0.5, 0.6) is 17.2 Å². The highest BCUT2D eigenvalue weighted by molar-refractivity contribution is 6.03. The van der Waals surface area contributed by atoms with Crippen LogP contribution < -0.4 is 10.1 Å². The predicted molar refractivity (Wildman–Crippen MR) is 138 cm³/mol. The van der Waals surface area contributed by atoms with Crippen LogP contribution in [0.3, 0.4) is 0 Å². The number of rotatable bonds is 8. The fourth-order valence-corrected chi connectivity index (χ4v) is 3.74. The molecule has 4 rings (SSSR count). The Hall–Kier alpha value is -3.45. The summed E-state index contributed by atoms with van der Waals surface area (Å²) in [7, 11) is 3.81. The number of aromatic hydroxyl groups is 1. The van der Waals surface area contributed by atoms with Crippen molar-refractivity contribution in [3.8, 4) is 17.2 Å². The smallest absolute Gasteiger partial charge is 0.274 e. The Morgan fingerprint density at radius 3 is 2.34 bits per heavy atom. The quantitative estimate of drug-likeness (QED) is 0.457. The van der Waals surface area contributed by atoms with Crippen LogP contribution in [-0.2, 0) is 11.3 Å². The van der Waals surface area contributed by atoms with Gasteiger partial charge in [-0.2, -0.15) is 0 Å². The maximum absolute atomic E-state index is 12.8. The minimum Gasteiger partial charge on any atom is -0.505 e. The first-order valence-corrected chi connectivity index (χ1v) is 12.2. The molecule has 35 heavy (non-hydrogen) atoms. The summed E-state index contributed by atoms with van der Waals surface area (Å²) in [6.45, 7) is 4.67. The molecular weight excluding hydrogens is 442 g/mol. The van der Waals surface area contributed by atoms with Gasteiger partial charge in [0.05, 0.1) is 12.2 Å². The van der Waals surface area contributed by atoms with Gasteiger partial charge in [-0.15, -0.1) is 0 Å². The summed E-state index contributed by atoms with van der Waals surface area (Å²) in [5.41, 5.74) is 0.560. The molecule has 2 aromatic carbocycles. The Bertz CT molecular complexity index is 1160. The van der Waals surface area contributed by atoms with Gasteiger partial charge in [-0.05, 0) is 57.3 Å². The molecule has 2 N–H and O–H groups in total. The number of nitrogens with zero attached hydrogens (tertiary/aromatic N) is 2. The number of pyridine rings is 1. The molecule has 0 unspecified atom stereocenters. The number of nitrogens with one attached hydrogen (secondary N) is 1. The van der Waals surface area contributed by atoms with Crippen LogP contribution in [0.4, 0.5) is 0 Å². The van der Waals surface area contributed by atoms with E-state index in [1.807, 2.05) is 55.4 Å². The van der Waals surface area contributed by atoms with Gasteiger partial charge in [0.15, 0.2) is 17.2 Å². The van der Waals surface area contributed by atoms with E-state index in [-0.39, 0.29) is 29.7 Å². The van der Waals surface area contributed by atoms with Gasteiger partial charge in [0.25, 0.3) is 5.91 Å². The average molecular weight is 478 g/mol. The molecule has 1 saturated carbocycles. The normalized spacial score (nSPS) is 13.1. The Morgan fingerprint density at radius 1 is 1.06 bits per heavy atom. The molecule has 0 aliphatic heterocycles. The second kappa shape index (κ2) is 12.3. The lowest BCUT2D eigenvalue weighted by molar-refractivity contribution is -0.124. The Balaban J connectivity index is 0.00000108. The van der Waals surface area contributed by atoms with E-state index in [1.165, 1.54) is 6.42 Å². The Kier molecular flexibility index (Phi) is 9.20. The fraction of sp³-hybridized carbons (Fsp3) is 0.393. The van der Waals surface area contributed by atoms with Gasteiger partial charge in [-0.1, -0.05) is 44.9 Å². The van der Waals surface area contributed by atoms with Crippen molar-refractivity contribution < 1.29 is 19.4 Å². The lowest BCUT2D eigenvalue weighted by atomic mass is 9.82. The SMILES string of the molecule is CCC.CN(C)Cc1nc(C(=O)NCC(=O)C2CCC2)c(O)c2ccc(Oc3ccccc3)cc12. The van der Waals surface area contributed by atoms with Gasteiger partial charge >= 0.3 is 0 Å². The third-order valence-corrected chi connectivity index (χ3v) is 5.67. The number of benzene rings is 2. The van der Waals surface area contributed by atoms with Crippen molar-refractivity contribution in [2.24, 2.45) is 5.92 Å². The zero-order valence-electron chi connectivity index (χ0n) is 21.0. The van der Waals surface area contributed by atoms with Crippen molar-refractivity contribution >= 4 is 22.5 Å². The Morgan fingerprint density at radius 2 is 1.74 bits per heavy atom. The highest BCUT2D eigenvalue weighted by Crippen LogP contribution is 2.34. The monoisotopic (exact) mass is 477 g/mol. The number of carbonyl (C=O) groups excluding carboxylic acids is 2. The lowest BCUT2D eigenvalue weighted by Crippen LogP contribution is -2.35. The molecule has 1 aromatic heterocycles. The molecule has 0 radical (unpaired) electrons. The number of aromatic nitrogens is 1. The van der Waals surface area contributed by atoms with Crippen LogP contribution in [0.2, 0.25) is 0 Å². The number of hydrogen-bond acceptors (Lipinski definition) is 6. The fourth-order valence-electron chi connectivity index (χ4n) is 3.74. The van der Waals surface area contributed by atoms with Crippen LogP contribution in [0.15, 0.2) is 48.5 Å². The summed E-state index contributed by atoms with van der Waals surface area (Å²) >= 11 is 0. The summed E-state index contributed by atoms with van der Waals surface area (Å²) in [5, 5.41) is 14.7. The molecule has 7 nitrogen and oxygen atoms in total. The third kappa shape index (κ3) is 6.79. The maximum atomic E-state index is 12.8. The molecule has 1 heterocycles. The van der Waals surface area contributed by atoms with E-state index < -0.39 is 5.91 Å². The first kappa shape index (κ1) is 26.2. The van der Waals surface area contributed by atoms with Crippen LogP contribution in [0, 0.1) is 5.92 Å². The summed E-state index contributed by atoms with van der Waals surface area (Å²) in [5.74, 6) is 0.615. The highest BCUT2D eigenvalue weighted by atomic mass is 16.5. The topological polar surface area (TPSA) is 91.8 Å². The van der Waals surface area contributed by atoms with Crippen LogP contribution in [0.25, 0.3) is 10.8 Å². The van der Waals surface area contributed by atoms with Gasteiger partial charge in [-0.3, -0.25) is 9.59 Å². The molecule has 0 atom stereocenters. The first-order valence-electron chi connectivity index (χ1n) is 12.2. The van der Waals surface area contributed by atoms with Gasteiger partial charge in [0, 0.05) is 23.2 Å². The van der Waals surface area contributed by atoms with E-state index in [0.717, 1.165) is 19.3 Å². The molecule has 7 heteroatoms. The van der Waals surface area contributed by atoms with Crippen molar-refractivity contribution in [2.75, 3.05) is 20.6 Å². The molecule has 1 fully saturated rings. The first-order chi connectivity index (χ1) is 16.8. The van der Waals surface area contributed by atoms with E-state index in [1.54, 1.807) is 12.1 Å². The second-order valence-corrected chi connectivity index (χ2v) is 9.10. The van der Waals surface area contributed by atoms with Crippen molar-refractivity contribution in [3.63, 3.8) is 0 Å². The van der Waals surface area contributed by atoms with Crippen molar-refractivity contribution in [1.29, 1.82) is 0 Å². The summed E-state index contributed by atoms with van der Waals surface area (Å²) in [6, 6.07) is 14.7. The largest absolute Gasteiger partial charge is 0.505 e. The Labute approximate surface area is 207 Å². The van der Waals surface area contributed by atoms with Crippen LogP contribution >= 0.6 is 0 Å². The number of ketones is 1. The summed E-state index contributed by atoms with van der Waals surface area (Å²) in [4.78, 5) is 31.3. The number of para-hydroxylation sites is 1. The molecule has 1 aliphatic rings. The minimum atomic E-state index is -0.554. The van der Waals surface area contributed by atoms with Gasteiger partial charge in [0.1, 0.15) is 11.5 Å². The van der Waals surface area contributed by atoms with Crippen molar-refractivity contribution in [3.05, 3.63) is 59.9 Å². The number of carbonyl (C=O) groups is 2. The molecule has 0 saturated heterocycles. The molecular formula is C28H35N3O4. The van der Waals surface area contributed by atoms with Crippen molar-refractivity contribution in [1.82, 2.24) is 15.2 Å². The van der Waals surface area contributed by atoms with Gasteiger partial charge < -0.3 is 20.1 Å².